The van der Waals surface area contributed by atoms with Crippen molar-refractivity contribution in [1.82, 2.24) is 9.80 Å². The third kappa shape index (κ3) is 13.5. The van der Waals surface area contributed by atoms with Crippen LogP contribution >= 0.6 is 31.9 Å². The maximum absolute atomic E-state index is 11.3. The summed E-state index contributed by atoms with van der Waals surface area (Å²) in [5.74, 6) is 0.965. The van der Waals surface area contributed by atoms with E-state index in [1.54, 1.807) is 0 Å². The number of carboxylic acids is 2. The van der Waals surface area contributed by atoms with Gasteiger partial charge in [0.25, 0.3) is 0 Å². The number of aliphatic carboxylic acids is 2. The lowest BCUT2D eigenvalue weighted by Crippen LogP contribution is -2.48. The highest BCUT2D eigenvalue weighted by atomic mass is 79.9. The zero-order chi connectivity index (χ0) is 18.3. The van der Waals surface area contributed by atoms with E-state index >= 15 is 0 Å². The number of carboxylic acid groups (broad SMARTS) is 2. The summed E-state index contributed by atoms with van der Waals surface area (Å²) in [4.78, 5) is 25.8. The summed E-state index contributed by atoms with van der Waals surface area (Å²) in [6.45, 7) is 0.989. The smallest absolute Gasteiger partial charge is 0.0480 e. The molecule has 0 heterocycles. The van der Waals surface area contributed by atoms with Gasteiger partial charge in [-0.05, 0) is 72.2 Å². The molecule has 0 fully saturated rings. The van der Waals surface area contributed by atoms with E-state index in [-0.39, 0.29) is 12.8 Å². The molecule has 0 saturated heterocycles. The Balaban J connectivity index is -0.000000826. The number of alkyl halides is 2. The van der Waals surface area contributed by atoms with Gasteiger partial charge in [-0.25, -0.2) is 0 Å². The van der Waals surface area contributed by atoms with Crippen molar-refractivity contribution in [2.24, 2.45) is 5.41 Å². The zero-order valence-electron chi connectivity index (χ0n) is 14.3. The predicted octanol–water partition coefficient (Wildman–Crippen LogP) is -0.212. The van der Waals surface area contributed by atoms with Gasteiger partial charge in [0.05, 0.1) is 0 Å². The molecule has 0 aliphatic heterocycles. The lowest BCUT2D eigenvalue weighted by molar-refractivity contribution is -0.329. The zero-order valence-corrected chi connectivity index (χ0v) is 17.5. The molecule has 0 saturated carbocycles. The van der Waals surface area contributed by atoms with Crippen LogP contribution in [-0.4, -0.2) is 74.7 Å². The molecular formula is C14H28Br2N2O4-2. The highest BCUT2D eigenvalue weighted by Crippen LogP contribution is 2.30. The van der Waals surface area contributed by atoms with Crippen LogP contribution in [0.1, 0.15) is 19.3 Å². The second-order valence-electron chi connectivity index (χ2n) is 5.22. The Bertz CT molecular complexity index is 289. The van der Waals surface area contributed by atoms with Crippen molar-refractivity contribution in [3.05, 3.63) is 0 Å². The Kier molecular flexibility index (Phi) is 19.1. The monoisotopic (exact) mass is 446 g/mol. The van der Waals surface area contributed by atoms with Crippen LogP contribution in [-0.2, 0) is 9.59 Å². The number of rotatable bonds is 9. The first-order valence-electron chi connectivity index (χ1n) is 6.66. The van der Waals surface area contributed by atoms with Crippen molar-refractivity contribution in [3.63, 3.8) is 0 Å². The number of hydrogen-bond donors (Lipinski definition) is 0. The van der Waals surface area contributed by atoms with E-state index in [1.165, 1.54) is 0 Å². The summed E-state index contributed by atoms with van der Waals surface area (Å²) in [5.41, 5.74) is -1.35. The van der Waals surface area contributed by atoms with E-state index < -0.39 is 23.8 Å². The predicted molar refractivity (Wildman–Crippen MR) is 93.1 cm³/mol. The lowest BCUT2D eigenvalue weighted by Gasteiger charge is -2.37. The molecule has 0 aliphatic rings. The Morgan fingerprint density at radius 1 is 0.864 bits per heavy atom. The summed E-state index contributed by atoms with van der Waals surface area (Å²) < 4.78 is 0. The van der Waals surface area contributed by atoms with Gasteiger partial charge in [0, 0.05) is 17.4 Å². The van der Waals surface area contributed by atoms with Crippen LogP contribution in [0.5, 0.6) is 0 Å². The molecule has 0 rings (SSSR count). The Morgan fingerprint density at radius 3 is 1.36 bits per heavy atom. The van der Waals surface area contributed by atoms with Gasteiger partial charge in [0.1, 0.15) is 0 Å². The number of carbonyl (C=O) groups is 2. The minimum Gasteiger partial charge on any atom is -0.550 e. The SMILES string of the molecule is CBr.CBr.CN(C)CCC(CCN(C)C)(CC(=O)[O-])C(=O)[O-]. The molecule has 0 unspecified atom stereocenters. The average Bonchev–Trinajstić information content (AvgIpc) is 2.45. The summed E-state index contributed by atoms with van der Waals surface area (Å²) in [6, 6.07) is 0. The molecule has 22 heavy (non-hydrogen) atoms. The first-order valence-corrected chi connectivity index (χ1v) is 9.83. The van der Waals surface area contributed by atoms with E-state index in [1.807, 2.05) is 49.7 Å². The molecule has 0 bridgehead atoms. The molecule has 0 spiro atoms. The largest absolute Gasteiger partial charge is 0.550 e. The Labute approximate surface area is 151 Å². The maximum atomic E-state index is 11.3. The number of carbonyl (C=O) groups excluding carboxylic acids is 2. The third-order valence-corrected chi connectivity index (χ3v) is 2.99. The minimum absolute atomic E-state index is 0.240. The van der Waals surface area contributed by atoms with E-state index in [9.17, 15) is 19.8 Å². The van der Waals surface area contributed by atoms with Crippen LogP contribution in [0.4, 0.5) is 0 Å². The van der Waals surface area contributed by atoms with Crippen LogP contribution in [0.15, 0.2) is 0 Å². The first kappa shape index (κ1) is 26.7. The fraction of sp³-hybridized carbons (Fsp3) is 0.857. The standard InChI is InChI=1S/C12H24N2O4.2CH3Br/c1-13(2)7-5-12(11(17)18,9-10(15)16)6-8-14(3)4;2*1-2/h5-9H2,1-4H3,(H,15,16)(H,17,18);2*1H3/p-2. The molecule has 0 N–H and O–H groups in total. The first-order chi connectivity index (χ1) is 10.2. The molecule has 0 amide bonds. The topological polar surface area (TPSA) is 86.7 Å². The quantitative estimate of drug-likeness (QED) is 0.454. The van der Waals surface area contributed by atoms with Gasteiger partial charge >= 0.3 is 0 Å². The van der Waals surface area contributed by atoms with Crippen LogP contribution in [0.25, 0.3) is 0 Å². The molecular weight excluding hydrogens is 420 g/mol. The van der Waals surface area contributed by atoms with Gasteiger partial charge in [-0.1, -0.05) is 31.9 Å². The molecule has 8 heteroatoms. The minimum atomic E-state index is -1.35. The van der Waals surface area contributed by atoms with Crippen molar-refractivity contribution in [3.8, 4) is 0 Å². The molecule has 0 radical (unpaired) electrons. The van der Waals surface area contributed by atoms with E-state index in [0.29, 0.717) is 13.1 Å². The second kappa shape index (κ2) is 15.7. The molecule has 0 aromatic rings. The van der Waals surface area contributed by atoms with Crippen molar-refractivity contribution >= 4 is 43.8 Å². The van der Waals surface area contributed by atoms with Gasteiger partial charge in [-0.2, -0.15) is 0 Å². The van der Waals surface area contributed by atoms with Crippen LogP contribution in [0.3, 0.4) is 0 Å². The molecule has 0 aromatic carbocycles. The number of halogens is 2. The van der Waals surface area contributed by atoms with Gasteiger partial charge in [0.15, 0.2) is 0 Å². The van der Waals surface area contributed by atoms with Crippen molar-refractivity contribution in [2.75, 3.05) is 52.9 Å². The molecule has 0 atom stereocenters. The molecule has 0 aromatic heterocycles. The highest BCUT2D eigenvalue weighted by Gasteiger charge is 2.31. The van der Waals surface area contributed by atoms with Crippen LogP contribution < -0.4 is 10.2 Å². The van der Waals surface area contributed by atoms with Crippen molar-refractivity contribution < 1.29 is 19.8 Å². The van der Waals surface area contributed by atoms with Gasteiger partial charge in [-0.3, -0.25) is 0 Å². The Morgan fingerprint density at radius 2 is 1.18 bits per heavy atom. The summed E-state index contributed by atoms with van der Waals surface area (Å²) in [7, 11) is 7.24. The normalized spacial score (nSPS) is 10.5. The average molecular weight is 448 g/mol. The second-order valence-corrected chi connectivity index (χ2v) is 5.22. The molecule has 6 nitrogen and oxygen atoms in total. The van der Waals surface area contributed by atoms with Gasteiger partial charge in [0.2, 0.25) is 0 Å². The highest BCUT2D eigenvalue weighted by molar-refractivity contribution is 9.09. The van der Waals surface area contributed by atoms with Crippen molar-refractivity contribution in [1.29, 1.82) is 0 Å². The van der Waals surface area contributed by atoms with Crippen LogP contribution in [0.2, 0.25) is 0 Å². The fourth-order valence-electron chi connectivity index (χ4n) is 1.73. The molecule has 0 aliphatic carbocycles. The Hall–Kier alpha value is -0.180. The van der Waals surface area contributed by atoms with E-state index in [0.717, 1.165) is 0 Å². The lowest BCUT2D eigenvalue weighted by atomic mass is 9.77. The van der Waals surface area contributed by atoms with Gasteiger partial charge in [-0.15, -0.1) is 0 Å². The summed E-state index contributed by atoms with van der Waals surface area (Å²) >= 11 is 5.88. The summed E-state index contributed by atoms with van der Waals surface area (Å²) in [6.07, 6.45) is -0.0225. The fourth-order valence-corrected chi connectivity index (χ4v) is 1.73. The summed E-state index contributed by atoms with van der Waals surface area (Å²) in [5, 5.41) is 22.1. The molecule has 134 valence electrons. The third-order valence-electron chi connectivity index (χ3n) is 2.99. The van der Waals surface area contributed by atoms with E-state index in [2.05, 4.69) is 31.9 Å². The van der Waals surface area contributed by atoms with Crippen LogP contribution in [0, 0.1) is 5.41 Å². The maximum Gasteiger partial charge on any atom is 0.0480 e. The number of nitrogens with zero attached hydrogens (tertiary/aromatic N) is 2. The number of hydrogen-bond acceptors (Lipinski definition) is 6. The van der Waals surface area contributed by atoms with E-state index in [4.69, 9.17) is 0 Å². The van der Waals surface area contributed by atoms with Crippen molar-refractivity contribution in [2.45, 2.75) is 19.3 Å². The van der Waals surface area contributed by atoms with Gasteiger partial charge < -0.3 is 29.6 Å².